The van der Waals surface area contributed by atoms with Gasteiger partial charge >= 0.3 is 0 Å². The zero-order valence-electron chi connectivity index (χ0n) is 31.8. The van der Waals surface area contributed by atoms with E-state index >= 15 is 0 Å². The summed E-state index contributed by atoms with van der Waals surface area (Å²) in [4.78, 5) is 70.2. The molecular formula is C40H59N5O8. The van der Waals surface area contributed by atoms with Gasteiger partial charge in [0.2, 0.25) is 23.6 Å². The summed E-state index contributed by atoms with van der Waals surface area (Å²) in [5.41, 5.74) is -0.337. The number of hydrogen-bond acceptors (Lipinski definition) is 9. The van der Waals surface area contributed by atoms with E-state index in [0.29, 0.717) is 39.1 Å². The number of Topliss-reactive ketones (excluding diaryl/α,β-unsaturated/α-hetero) is 1. The smallest absolute Gasteiger partial charge is 0.243 e. The number of amides is 4. The number of benzene rings is 2. The van der Waals surface area contributed by atoms with E-state index < -0.39 is 59.9 Å². The van der Waals surface area contributed by atoms with Crippen molar-refractivity contribution < 1.29 is 38.9 Å². The lowest BCUT2D eigenvalue weighted by atomic mass is 9.90. The molecule has 1 saturated heterocycles. The number of aryl methyl sites for hydroxylation is 1. The number of aliphatic hydroxyl groups excluding tert-OH is 1. The first-order chi connectivity index (χ1) is 25.2. The summed E-state index contributed by atoms with van der Waals surface area (Å²) in [5.74, 6) is -2.89. The fraction of sp³-hybridized carbons (Fsp3) is 0.575. The van der Waals surface area contributed by atoms with Crippen molar-refractivity contribution in [2.45, 2.75) is 96.5 Å². The molecule has 3 rings (SSSR count). The van der Waals surface area contributed by atoms with Crippen LogP contribution in [0, 0.1) is 11.8 Å². The van der Waals surface area contributed by atoms with Gasteiger partial charge in [0.1, 0.15) is 23.7 Å². The van der Waals surface area contributed by atoms with Crippen LogP contribution in [0.15, 0.2) is 60.7 Å². The van der Waals surface area contributed by atoms with E-state index in [1.807, 2.05) is 81.1 Å². The van der Waals surface area contributed by atoms with Crippen LogP contribution in [0.5, 0.6) is 0 Å². The second kappa shape index (κ2) is 21.5. The molecule has 0 aliphatic carbocycles. The molecule has 292 valence electrons. The van der Waals surface area contributed by atoms with E-state index in [0.717, 1.165) is 11.1 Å². The van der Waals surface area contributed by atoms with E-state index in [1.54, 1.807) is 12.1 Å². The van der Waals surface area contributed by atoms with Crippen molar-refractivity contribution in [2.75, 3.05) is 39.5 Å². The highest BCUT2D eigenvalue weighted by atomic mass is 16.5. The molecule has 13 nitrogen and oxygen atoms in total. The van der Waals surface area contributed by atoms with E-state index in [4.69, 9.17) is 4.74 Å². The first-order valence-electron chi connectivity index (χ1n) is 18.6. The number of carbonyl (C=O) groups excluding carboxylic acids is 5. The van der Waals surface area contributed by atoms with Gasteiger partial charge in [0, 0.05) is 19.5 Å². The number of morpholine rings is 1. The Morgan fingerprint density at radius 3 is 1.77 bits per heavy atom. The third-order valence-corrected chi connectivity index (χ3v) is 9.12. The van der Waals surface area contributed by atoms with E-state index in [9.17, 15) is 34.2 Å². The minimum absolute atomic E-state index is 0.0279. The molecule has 4 amide bonds. The van der Waals surface area contributed by atoms with E-state index in [2.05, 4.69) is 21.3 Å². The normalized spacial score (nSPS) is 16.8. The largest absolute Gasteiger partial charge is 0.393 e. The Morgan fingerprint density at radius 2 is 1.21 bits per heavy atom. The predicted molar refractivity (Wildman–Crippen MR) is 202 cm³/mol. The van der Waals surface area contributed by atoms with Crippen LogP contribution in [0.25, 0.3) is 0 Å². The van der Waals surface area contributed by atoms with Crippen LogP contribution in [0.4, 0.5) is 0 Å². The van der Waals surface area contributed by atoms with Gasteiger partial charge in [-0.05, 0) is 55.6 Å². The third-order valence-electron chi connectivity index (χ3n) is 9.12. The second-order valence-corrected chi connectivity index (χ2v) is 15.0. The molecule has 5 atom stereocenters. The Hall–Kier alpha value is -4.17. The molecule has 2 aromatic rings. The first-order valence-corrected chi connectivity index (χ1v) is 18.6. The van der Waals surface area contributed by atoms with Crippen molar-refractivity contribution in [1.29, 1.82) is 0 Å². The molecule has 0 spiro atoms. The minimum atomic E-state index is -2.08. The standard InChI is InChI=1S/C40H59N5O8/c1-27(2)22-32(36(48)40(5,52)26-46)42-39(51)34(24-30-14-10-7-11-15-30)44-38(50)33(23-28(3)4)43-37(49)31(17-16-29-12-8-6-9-13-29)41-35(47)25-45-18-20-53-21-19-45/h6-15,27-28,31-34,46,52H,16-26H2,1-5H3,(H,41,47)(H,42,51)(H,43,49)(H,44,50)/t31-,32+,33-,34-,40+/m0/s1. The lowest BCUT2D eigenvalue weighted by molar-refractivity contribution is -0.144. The van der Waals surface area contributed by atoms with Gasteiger partial charge in [0.25, 0.3) is 0 Å². The fourth-order valence-corrected chi connectivity index (χ4v) is 6.16. The fourth-order valence-electron chi connectivity index (χ4n) is 6.16. The molecule has 0 aromatic heterocycles. The summed E-state index contributed by atoms with van der Waals surface area (Å²) in [7, 11) is 0. The quantitative estimate of drug-likeness (QED) is 0.111. The van der Waals surface area contributed by atoms with Gasteiger partial charge in [0.15, 0.2) is 5.78 Å². The Morgan fingerprint density at radius 1 is 0.717 bits per heavy atom. The van der Waals surface area contributed by atoms with Crippen LogP contribution in [-0.4, -0.2) is 114 Å². The number of carbonyl (C=O) groups is 5. The van der Waals surface area contributed by atoms with Crippen LogP contribution >= 0.6 is 0 Å². The molecule has 0 radical (unpaired) electrons. The van der Waals surface area contributed by atoms with Crippen molar-refractivity contribution in [1.82, 2.24) is 26.2 Å². The molecule has 1 fully saturated rings. The maximum Gasteiger partial charge on any atom is 0.243 e. The Balaban J connectivity index is 1.84. The van der Waals surface area contributed by atoms with Crippen LogP contribution in [0.1, 0.15) is 65.0 Å². The zero-order valence-corrected chi connectivity index (χ0v) is 31.8. The third kappa shape index (κ3) is 15.0. The number of hydrogen-bond donors (Lipinski definition) is 6. The Kier molecular flexibility index (Phi) is 17.5. The monoisotopic (exact) mass is 737 g/mol. The number of nitrogens with one attached hydrogen (secondary N) is 4. The molecule has 2 aromatic carbocycles. The molecule has 1 heterocycles. The summed E-state index contributed by atoms with van der Waals surface area (Å²) >= 11 is 0. The summed E-state index contributed by atoms with van der Waals surface area (Å²) in [6, 6.07) is 14.4. The van der Waals surface area contributed by atoms with Crippen LogP contribution in [-0.2, 0) is 41.6 Å². The molecular weight excluding hydrogens is 678 g/mol. The summed E-state index contributed by atoms with van der Waals surface area (Å²) < 4.78 is 5.39. The lowest BCUT2D eigenvalue weighted by Gasteiger charge is -2.30. The Labute approximate surface area is 313 Å². The molecule has 1 aliphatic rings. The topological polar surface area (TPSA) is 186 Å². The zero-order chi connectivity index (χ0) is 39.0. The molecule has 13 heteroatoms. The summed E-state index contributed by atoms with van der Waals surface area (Å²) in [6.45, 7) is 10.3. The maximum atomic E-state index is 14.1. The molecule has 0 unspecified atom stereocenters. The molecule has 0 bridgehead atoms. The first kappa shape index (κ1) is 43.2. The van der Waals surface area contributed by atoms with E-state index in [-0.39, 0.29) is 43.6 Å². The van der Waals surface area contributed by atoms with Crippen molar-refractivity contribution in [3.8, 4) is 0 Å². The van der Waals surface area contributed by atoms with Gasteiger partial charge in [-0.3, -0.25) is 28.9 Å². The van der Waals surface area contributed by atoms with Crippen molar-refractivity contribution >= 4 is 29.4 Å². The molecule has 6 N–H and O–H groups in total. The van der Waals surface area contributed by atoms with E-state index in [1.165, 1.54) is 6.92 Å². The Bertz CT molecular complexity index is 1460. The van der Waals surface area contributed by atoms with Crippen LogP contribution in [0.3, 0.4) is 0 Å². The van der Waals surface area contributed by atoms with Crippen molar-refractivity contribution in [3.63, 3.8) is 0 Å². The second-order valence-electron chi connectivity index (χ2n) is 15.0. The van der Waals surface area contributed by atoms with Crippen LogP contribution < -0.4 is 21.3 Å². The highest BCUT2D eigenvalue weighted by Gasteiger charge is 2.38. The minimum Gasteiger partial charge on any atom is -0.393 e. The summed E-state index contributed by atoms with van der Waals surface area (Å²) in [6.07, 6.45) is 1.33. The van der Waals surface area contributed by atoms with Gasteiger partial charge in [-0.25, -0.2) is 0 Å². The van der Waals surface area contributed by atoms with Gasteiger partial charge in [-0.1, -0.05) is 88.4 Å². The number of nitrogens with zero attached hydrogens (tertiary/aromatic N) is 1. The number of ketones is 1. The van der Waals surface area contributed by atoms with Crippen LogP contribution in [0.2, 0.25) is 0 Å². The van der Waals surface area contributed by atoms with Gasteiger partial charge in [-0.2, -0.15) is 0 Å². The molecule has 53 heavy (non-hydrogen) atoms. The molecule has 1 aliphatic heterocycles. The van der Waals surface area contributed by atoms with Gasteiger partial charge in [0.05, 0.1) is 32.4 Å². The average molecular weight is 738 g/mol. The number of rotatable bonds is 21. The highest BCUT2D eigenvalue weighted by Crippen LogP contribution is 2.16. The molecule has 0 saturated carbocycles. The predicted octanol–water partition coefficient (Wildman–Crippen LogP) is 1.54. The van der Waals surface area contributed by atoms with Crippen molar-refractivity contribution in [2.24, 2.45) is 11.8 Å². The summed E-state index contributed by atoms with van der Waals surface area (Å²) in [5, 5.41) is 31.5. The SMILES string of the molecule is CC(C)C[C@H](NC(=O)[C@H](CCc1ccccc1)NC(=O)CN1CCOCC1)C(=O)N[C@@H](Cc1ccccc1)C(=O)N[C@H](CC(C)C)C(=O)[C@](C)(O)CO. The van der Waals surface area contributed by atoms with Gasteiger partial charge in [-0.15, -0.1) is 0 Å². The number of ether oxygens (including phenoxy) is 1. The average Bonchev–Trinajstić information content (AvgIpc) is 3.12. The maximum absolute atomic E-state index is 14.1. The highest BCUT2D eigenvalue weighted by molar-refractivity contribution is 5.97. The lowest BCUT2D eigenvalue weighted by Crippen LogP contribution is -2.60. The van der Waals surface area contributed by atoms with Crippen molar-refractivity contribution in [3.05, 3.63) is 71.8 Å². The van der Waals surface area contributed by atoms with Gasteiger partial charge < -0.3 is 36.2 Å². The number of aliphatic hydroxyl groups is 2.